The normalized spacial score (nSPS) is 23.7. The standard InChI is InChI=1S/C17H26N2O3S2/c1-4-22-16(21)8-13-9-23-17(18-13)24-10-15(20)19-14-7-5-6-11(2)12(14)3/h9,11-12,14H,4-8,10H2,1-3H3,(H,19,20)/t11-,12+,14-/m0/s1. The van der Waals surface area contributed by atoms with E-state index in [-0.39, 0.29) is 24.3 Å². The Balaban J connectivity index is 1.75. The zero-order chi connectivity index (χ0) is 17.5. The SMILES string of the molecule is CCOC(=O)Cc1csc(SCC(=O)N[C@H]2CCC[C@H](C)[C@H]2C)n1. The summed E-state index contributed by atoms with van der Waals surface area (Å²) in [5.41, 5.74) is 0.705. The summed E-state index contributed by atoms with van der Waals surface area (Å²) in [4.78, 5) is 28.0. The maximum Gasteiger partial charge on any atom is 0.311 e. The minimum atomic E-state index is -0.266. The van der Waals surface area contributed by atoms with Crippen molar-refractivity contribution in [3.05, 3.63) is 11.1 Å². The molecule has 7 heteroatoms. The van der Waals surface area contributed by atoms with Crippen molar-refractivity contribution in [3.8, 4) is 0 Å². The molecule has 1 N–H and O–H groups in total. The summed E-state index contributed by atoms with van der Waals surface area (Å²) in [7, 11) is 0. The van der Waals surface area contributed by atoms with Crippen LogP contribution < -0.4 is 5.32 Å². The van der Waals surface area contributed by atoms with Crippen LogP contribution in [-0.4, -0.2) is 35.3 Å². The van der Waals surface area contributed by atoms with Crippen LogP contribution in [0.1, 0.15) is 45.7 Å². The molecule has 0 saturated heterocycles. The fraction of sp³-hybridized carbons (Fsp3) is 0.706. The molecular formula is C17H26N2O3S2. The molecule has 0 aliphatic heterocycles. The number of carbonyl (C=O) groups excluding carboxylic acids is 2. The van der Waals surface area contributed by atoms with Gasteiger partial charge in [0.25, 0.3) is 0 Å². The monoisotopic (exact) mass is 370 g/mol. The van der Waals surface area contributed by atoms with Gasteiger partial charge >= 0.3 is 5.97 Å². The lowest BCUT2D eigenvalue weighted by Gasteiger charge is -2.34. The molecule has 0 unspecified atom stereocenters. The summed E-state index contributed by atoms with van der Waals surface area (Å²) in [6, 6.07) is 0.289. The molecule has 2 rings (SSSR count). The number of thioether (sulfide) groups is 1. The van der Waals surface area contributed by atoms with Gasteiger partial charge < -0.3 is 10.1 Å². The molecule has 1 heterocycles. The second-order valence-electron chi connectivity index (χ2n) is 6.32. The van der Waals surface area contributed by atoms with Gasteiger partial charge in [0.1, 0.15) is 0 Å². The number of thiazole rings is 1. The molecular weight excluding hydrogens is 344 g/mol. The highest BCUT2D eigenvalue weighted by molar-refractivity contribution is 8.01. The van der Waals surface area contributed by atoms with Gasteiger partial charge in [0.2, 0.25) is 5.91 Å². The molecule has 3 atom stereocenters. The highest BCUT2D eigenvalue weighted by Crippen LogP contribution is 2.29. The number of ether oxygens (including phenoxy) is 1. The van der Waals surface area contributed by atoms with Crippen LogP contribution in [0, 0.1) is 11.8 Å². The topological polar surface area (TPSA) is 68.3 Å². The predicted molar refractivity (Wildman–Crippen MR) is 97.3 cm³/mol. The largest absolute Gasteiger partial charge is 0.466 e. The summed E-state index contributed by atoms with van der Waals surface area (Å²) in [6.45, 7) is 6.65. The van der Waals surface area contributed by atoms with Gasteiger partial charge in [-0.25, -0.2) is 4.98 Å². The van der Waals surface area contributed by atoms with Crippen molar-refractivity contribution in [3.63, 3.8) is 0 Å². The van der Waals surface area contributed by atoms with E-state index in [9.17, 15) is 9.59 Å². The van der Waals surface area contributed by atoms with E-state index in [1.807, 2.05) is 5.38 Å². The average Bonchev–Trinajstić information content (AvgIpc) is 2.97. The lowest BCUT2D eigenvalue weighted by Crippen LogP contribution is -2.44. The summed E-state index contributed by atoms with van der Waals surface area (Å²) >= 11 is 2.89. The predicted octanol–water partition coefficient (Wildman–Crippen LogP) is 3.28. The second-order valence-corrected chi connectivity index (χ2v) is 8.40. The van der Waals surface area contributed by atoms with Crippen molar-refractivity contribution in [1.29, 1.82) is 0 Å². The molecule has 24 heavy (non-hydrogen) atoms. The van der Waals surface area contributed by atoms with Gasteiger partial charge in [-0.15, -0.1) is 11.3 Å². The molecule has 0 spiro atoms. The number of amides is 1. The third-order valence-corrected chi connectivity index (χ3v) is 6.61. The second kappa shape index (κ2) is 9.42. The van der Waals surface area contributed by atoms with Gasteiger partial charge in [-0.1, -0.05) is 38.5 Å². The Labute approximate surface area is 152 Å². The summed E-state index contributed by atoms with van der Waals surface area (Å²) in [5, 5.41) is 5.02. The van der Waals surface area contributed by atoms with E-state index in [0.717, 1.165) is 10.8 Å². The summed E-state index contributed by atoms with van der Waals surface area (Å²) < 4.78 is 5.73. The summed E-state index contributed by atoms with van der Waals surface area (Å²) in [5.74, 6) is 1.36. The Morgan fingerprint density at radius 2 is 2.21 bits per heavy atom. The fourth-order valence-electron chi connectivity index (χ4n) is 2.96. The minimum absolute atomic E-state index is 0.0630. The molecule has 1 aromatic rings. The Morgan fingerprint density at radius 1 is 1.42 bits per heavy atom. The van der Waals surface area contributed by atoms with Crippen molar-refractivity contribution >= 4 is 35.0 Å². The first-order valence-corrected chi connectivity index (χ1v) is 10.4. The zero-order valence-corrected chi connectivity index (χ0v) is 16.2. The van der Waals surface area contributed by atoms with Gasteiger partial charge in [-0.05, 0) is 25.2 Å². The van der Waals surface area contributed by atoms with Gasteiger partial charge in [0.05, 0.1) is 24.5 Å². The molecule has 5 nitrogen and oxygen atoms in total. The Kier molecular flexibility index (Phi) is 7.55. The lowest BCUT2D eigenvalue weighted by atomic mass is 9.78. The molecule has 1 aliphatic carbocycles. The molecule has 1 aromatic heterocycles. The number of rotatable bonds is 7. The first kappa shape index (κ1) is 19.2. The third-order valence-electron chi connectivity index (χ3n) is 4.54. The number of hydrogen-bond donors (Lipinski definition) is 1. The van der Waals surface area contributed by atoms with E-state index in [2.05, 4.69) is 24.1 Å². The Morgan fingerprint density at radius 3 is 2.96 bits per heavy atom. The molecule has 1 saturated carbocycles. The van der Waals surface area contributed by atoms with Crippen molar-refractivity contribution < 1.29 is 14.3 Å². The van der Waals surface area contributed by atoms with Crippen molar-refractivity contribution in [2.45, 2.75) is 56.8 Å². The number of carbonyl (C=O) groups is 2. The van der Waals surface area contributed by atoms with Gasteiger partial charge in [-0.3, -0.25) is 9.59 Å². The Hall–Kier alpha value is -1.08. The highest BCUT2D eigenvalue weighted by Gasteiger charge is 2.28. The molecule has 1 aliphatic rings. The lowest BCUT2D eigenvalue weighted by molar-refractivity contribution is -0.142. The molecule has 134 valence electrons. The maximum absolute atomic E-state index is 12.2. The van der Waals surface area contributed by atoms with Crippen LogP contribution in [0.4, 0.5) is 0 Å². The van der Waals surface area contributed by atoms with E-state index < -0.39 is 0 Å². The number of esters is 1. The van der Waals surface area contributed by atoms with Crippen LogP contribution in [0.2, 0.25) is 0 Å². The molecule has 1 amide bonds. The maximum atomic E-state index is 12.2. The van der Waals surface area contributed by atoms with Crippen LogP contribution in [-0.2, 0) is 20.7 Å². The van der Waals surface area contributed by atoms with Crippen LogP contribution >= 0.6 is 23.1 Å². The van der Waals surface area contributed by atoms with Crippen LogP contribution in [0.15, 0.2) is 9.72 Å². The fourth-order valence-corrected chi connectivity index (χ4v) is 4.61. The van der Waals surface area contributed by atoms with Crippen molar-refractivity contribution in [2.75, 3.05) is 12.4 Å². The highest BCUT2D eigenvalue weighted by atomic mass is 32.2. The Bertz CT molecular complexity index is 562. The zero-order valence-electron chi connectivity index (χ0n) is 14.5. The van der Waals surface area contributed by atoms with Gasteiger partial charge in [-0.2, -0.15) is 0 Å². The van der Waals surface area contributed by atoms with Gasteiger partial charge in [0, 0.05) is 11.4 Å². The van der Waals surface area contributed by atoms with Crippen LogP contribution in [0.3, 0.4) is 0 Å². The summed E-state index contributed by atoms with van der Waals surface area (Å²) in [6.07, 6.45) is 3.70. The van der Waals surface area contributed by atoms with E-state index in [1.54, 1.807) is 6.92 Å². The van der Waals surface area contributed by atoms with E-state index in [1.165, 1.54) is 35.9 Å². The minimum Gasteiger partial charge on any atom is -0.466 e. The van der Waals surface area contributed by atoms with E-state index in [0.29, 0.717) is 29.9 Å². The number of nitrogens with zero attached hydrogens (tertiary/aromatic N) is 1. The van der Waals surface area contributed by atoms with Crippen LogP contribution in [0.5, 0.6) is 0 Å². The number of nitrogens with one attached hydrogen (secondary N) is 1. The first-order chi connectivity index (χ1) is 11.5. The molecule has 0 bridgehead atoms. The van der Waals surface area contributed by atoms with Crippen molar-refractivity contribution in [2.24, 2.45) is 11.8 Å². The average molecular weight is 371 g/mol. The molecule has 0 aromatic carbocycles. The molecule has 1 fully saturated rings. The quantitative estimate of drug-likeness (QED) is 0.589. The number of aromatic nitrogens is 1. The smallest absolute Gasteiger partial charge is 0.311 e. The molecule has 0 radical (unpaired) electrons. The first-order valence-electron chi connectivity index (χ1n) is 8.51. The van der Waals surface area contributed by atoms with Crippen LogP contribution in [0.25, 0.3) is 0 Å². The van der Waals surface area contributed by atoms with Crippen molar-refractivity contribution in [1.82, 2.24) is 10.3 Å². The van der Waals surface area contributed by atoms with Gasteiger partial charge in [0.15, 0.2) is 4.34 Å². The number of hydrogen-bond acceptors (Lipinski definition) is 6. The van der Waals surface area contributed by atoms with E-state index in [4.69, 9.17) is 4.74 Å². The third kappa shape index (κ3) is 5.77. The van der Waals surface area contributed by atoms with E-state index >= 15 is 0 Å².